The lowest BCUT2D eigenvalue weighted by Crippen LogP contribution is -2.47. The van der Waals surface area contributed by atoms with Gasteiger partial charge in [-0.1, -0.05) is 17.7 Å². The maximum Gasteiger partial charge on any atom is 0.356 e. The number of amides is 1. The number of hydrogen-bond acceptors (Lipinski definition) is 5. The number of piperazine rings is 1. The van der Waals surface area contributed by atoms with E-state index >= 15 is 0 Å². The summed E-state index contributed by atoms with van der Waals surface area (Å²) in [6.45, 7) is 5.99. The maximum atomic E-state index is 13.8. The summed E-state index contributed by atoms with van der Waals surface area (Å²) in [7, 11) is 1.25. The minimum absolute atomic E-state index is 0.0944. The van der Waals surface area contributed by atoms with Crippen molar-refractivity contribution in [3.8, 4) is 0 Å². The van der Waals surface area contributed by atoms with Crippen LogP contribution in [0, 0.1) is 12.7 Å². The maximum absolute atomic E-state index is 13.8. The van der Waals surface area contributed by atoms with Crippen molar-refractivity contribution in [1.29, 1.82) is 0 Å². The van der Waals surface area contributed by atoms with Crippen molar-refractivity contribution in [2.45, 2.75) is 13.3 Å². The van der Waals surface area contributed by atoms with Gasteiger partial charge in [0, 0.05) is 60.8 Å². The van der Waals surface area contributed by atoms with Crippen LogP contribution in [0.3, 0.4) is 0 Å². The molecule has 1 saturated heterocycles. The van der Waals surface area contributed by atoms with Gasteiger partial charge in [0.15, 0.2) is 0 Å². The second-order valence-electron chi connectivity index (χ2n) is 8.11. The summed E-state index contributed by atoms with van der Waals surface area (Å²) in [4.78, 5) is 32.3. The first-order valence-corrected chi connectivity index (χ1v) is 11.2. The van der Waals surface area contributed by atoms with Crippen LogP contribution in [0.1, 0.15) is 22.5 Å². The summed E-state index contributed by atoms with van der Waals surface area (Å²) in [5, 5.41) is 3.92. The van der Waals surface area contributed by atoms with Crippen LogP contribution in [-0.2, 0) is 9.53 Å². The van der Waals surface area contributed by atoms with Crippen LogP contribution in [0.25, 0.3) is 10.9 Å². The van der Waals surface area contributed by atoms with Gasteiger partial charge in [-0.3, -0.25) is 9.69 Å². The number of esters is 1. The molecule has 2 heterocycles. The standard InChI is InChI=1S/C24H26ClFN4O3/c1-15-3-4-16(25)13-20(15)30-11-9-29(10-12-30)8-7-21(31)28-22-18-14-17(26)5-6-19(18)27-23(22)24(32)33-2/h3-6,13-14,27H,7-12H2,1-2H3,(H,28,31). The Kier molecular flexibility index (Phi) is 6.85. The second kappa shape index (κ2) is 9.80. The molecule has 1 aromatic heterocycles. The average Bonchev–Trinajstić information content (AvgIpc) is 3.16. The van der Waals surface area contributed by atoms with Crippen LogP contribution in [0.15, 0.2) is 36.4 Å². The Bertz CT molecular complexity index is 1190. The predicted octanol–water partition coefficient (Wildman–Crippen LogP) is 4.21. The lowest BCUT2D eigenvalue weighted by molar-refractivity contribution is -0.116. The molecule has 1 fully saturated rings. The zero-order chi connectivity index (χ0) is 23.5. The summed E-state index contributed by atoms with van der Waals surface area (Å²) in [5.74, 6) is -1.34. The third kappa shape index (κ3) is 5.12. The number of ether oxygens (including phenoxy) is 1. The molecule has 174 valence electrons. The topological polar surface area (TPSA) is 77.7 Å². The molecule has 9 heteroatoms. The van der Waals surface area contributed by atoms with Gasteiger partial charge in [0.2, 0.25) is 5.91 Å². The van der Waals surface area contributed by atoms with Gasteiger partial charge in [-0.2, -0.15) is 0 Å². The third-order valence-electron chi connectivity index (χ3n) is 5.95. The molecular weight excluding hydrogens is 447 g/mol. The number of anilines is 2. The minimum atomic E-state index is -0.630. The number of carbonyl (C=O) groups excluding carboxylic acids is 2. The minimum Gasteiger partial charge on any atom is -0.464 e. The van der Waals surface area contributed by atoms with Gasteiger partial charge in [-0.05, 0) is 42.8 Å². The summed E-state index contributed by atoms with van der Waals surface area (Å²) in [6, 6.07) is 9.99. The van der Waals surface area contributed by atoms with Crippen molar-refractivity contribution in [2.24, 2.45) is 0 Å². The smallest absolute Gasteiger partial charge is 0.356 e. The van der Waals surface area contributed by atoms with E-state index in [1.165, 1.54) is 30.9 Å². The lowest BCUT2D eigenvalue weighted by Gasteiger charge is -2.36. The molecule has 0 saturated carbocycles. The number of hydrogen-bond donors (Lipinski definition) is 2. The molecule has 0 unspecified atom stereocenters. The number of methoxy groups -OCH3 is 1. The molecule has 2 aromatic carbocycles. The van der Waals surface area contributed by atoms with Gasteiger partial charge < -0.3 is 19.9 Å². The molecule has 0 radical (unpaired) electrons. The van der Waals surface area contributed by atoms with Crippen molar-refractivity contribution in [2.75, 3.05) is 50.1 Å². The second-order valence-corrected chi connectivity index (χ2v) is 8.55. The Balaban J connectivity index is 1.37. The Morgan fingerprint density at radius 3 is 2.64 bits per heavy atom. The molecule has 0 aliphatic carbocycles. The number of carbonyl (C=O) groups is 2. The zero-order valence-corrected chi connectivity index (χ0v) is 19.3. The van der Waals surface area contributed by atoms with Gasteiger partial charge in [-0.25, -0.2) is 9.18 Å². The fourth-order valence-corrected chi connectivity index (χ4v) is 4.31. The van der Waals surface area contributed by atoms with Gasteiger partial charge in [0.25, 0.3) is 0 Å². The number of aromatic nitrogens is 1. The van der Waals surface area contributed by atoms with E-state index in [9.17, 15) is 14.0 Å². The van der Waals surface area contributed by atoms with E-state index in [4.69, 9.17) is 16.3 Å². The number of halogens is 2. The van der Waals surface area contributed by atoms with Crippen molar-refractivity contribution in [3.05, 3.63) is 58.5 Å². The van der Waals surface area contributed by atoms with E-state index in [-0.39, 0.29) is 23.7 Å². The summed E-state index contributed by atoms with van der Waals surface area (Å²) in [5.41, 5.74) is 3.20. The number of nitrogens with one attached hydrogen (secondary N) is 2. The molecule has 4 rings (SSSR count). The normalized spacial score (nSPS) is 14.5. The lowest BCUT2D eigenvalue weighted by atomic mass is 10.1. The molecule has 0 spiro atoms. The molecule has 33 heavy (non-hydrogen) atoms. The van der Waals surface area contributed by atoms with Crippen molar-refractivity contribution >= 4 is 45.8 Å². The van der Waals surface area contributed by atoms with E-state index in [1.807, 2.05) is 18.2 Å². The van der Waals surface area contributed by atoms with Crippen LogP contribution in [0.4, 0.5) is 15.8 Å². The van der Waals surface area contributed by atoms with E-state index in [0.717, 1.165) is 36.9 Å². The Morgan fingerprint density at radius 1 is 1.15 bits per heavy atom. The molecule has 0 atom stereocenters. The van der Waals surface area contributed by atoms with Crippen LogP contribution in [0.5, 0.6) is 0 Å². The fourth-order valence-electron chi connectivity index (χ4n) is 4.15. The van der Waals surface area contributed by atoms with Gasteiger partial charge in [-0.15, -0.1) is 0 Å². The highest BCUT2D eigenvalue weighted by molar-refractivity contribution is 6.30. The Hall–Kier alpha value is -3.10. The molecule has 2 N–H and O–H groups in total. The molecule has 7 nitrogen and oxygen atoms in total. The van der Waals surface area contributed by atoms with Crippen LogP contribution >= 0.6 is 11.6 Å². The number of benzene rings is 2. The number of fused-ring (bicyclic) bond motifs is 1. The summed E-state index contributed by atoms with van der Waals surface area (Å²) in [6.07, 6.45) is 0.249. The molecule has 1 aliphatic heterocycles. The third-order valence-corrected chi connectivity index (χ3v) is 6.19. The SMILES string of the molecule is COC(=O)c1[nH]c2ccc(F)cc2c1NC(=O)CCN1CCN(c2cc(Cl)ccc2C)CC1. The van der Waals surface area contributed by atoms with Crippen LogP contribution < -0.4 is 10.2 Å². The first-order valence-electron chi connectivity index (χ1n) is 10.8. The number of aromatic amines is 1. The van der Waals surface area contributed by atoms with Crippen LogP contribution in [-0.4, -0.2) is 61.6 Å². The first kappa shape index (κ1) is 23.1. The summed E-state index contributed by atoms with van der Waals surface area (Å²) >= 11 is 6.16. The zero-order valence-electron chi connectivity index (χ0n) is 18.6. The van der Waals surface area contributed by atoms with Gasteiger partial charge >= 0.3 is 5.97 Å². The molecule has 1 amide bonds. The number of rotatable bonds is 6. The Morgan fingerprint density at radius 2 is 1.91 bits per heavy atom. The summed E-state index contributed by atoms with van der Waals surface area (Å²) < 4.78 is 18.6. The number of aryl methyl sites for hydroxylation is 1. The average molecular weight is 473 g/mol. The number of nitrogens with zero attached hydrogens (tertiary/aromatic N) is 2. The fraction of sp³-hybridized carbons (Fsp3) is 0.333. The van der Waals surface area contributed by atoms with E-state index in [1.54, 1.807) is 0 Å². The molecule has 0 bridgehead atoms. The van der Waals surface area contributed by atoms with Crippen molar-refractivity contribution < 1.29 is 18.7 Å². The largest absolute Gasteiger partial charge is 0.464 e. The highest BCUT2D eigenvalue weighted by Gasteiger charge is 2.22. The van der Waals surface area contributed by atoms with E-state index < -0.39 is 11.8 Å². The monoisotopic (exact) mass is 472 g/mol. The number of H-pyrrole nitrogens is 1. The van der Waals surface area contributed by atoms with E-state index in [0.29, 0.717) is 17.4 Å². The molecule has 3 aromatic rings. The quantitative estimate of drug-likeness (QED) is 0.525. The van der Waals surface area contributed by atoms with E-state index in [2.05, 4.69) is 27.0 Å². The van der Waals surface area contributed by atoms with Gasteiger partial charge in [0.1, 0.15) is 11.5 Å². The van der Waals surface area contributed by atoms with Crippen LogP contribution in [0.2, 0.25) is 5.02 Å². The molecule has 1 aliphatic rings. The highest BCUT2D eigenvalue weighted by atomic mass is 35.5. The first-order chi connectivity index (χ1) is 15.9. The molecular formula is C24H26ClFN4O3. The Labute approximate surface area is 196 Å². The predicted molar refractivity (Wildman–Crippen MR) is 128 cm³/mol. The van der Waals surface area contributed by atoms with Crippen molar-refractivity contribution in [3.63, 3.8) is 0 Å². The van der Waals surface area contributed by atoms with Crippen molar-refractivity contribution in [1.82, 2.24) is 9.88 Å². The highest BCUT2D eigenvalue weighted by Crippen LogP contribution is 2.29. The van der Waals surface area contributed by atoms with Gasteiger partial charge in [0.05, 0.1) is 12.8 Å².